The van der Waals surface area contributed by atoms with E-state index in [1.165, 1.54) is 0 Å². The molecule has 0 aliphatic carbocycles. The van der Waals surface area contributed by atoms with Gasteiger partial charge in [-0.25, -0.2) is 9.69 Å². The van der Waals surface area contributed by atoms with Crippen molar-refractivity contribution in [2.24, 2.45) is 5.41 Å². The lowest BCUT2D eigenvalue weighted by Gasteiger charge is -2.23. The van der Waals surface area contributed by atoms with Crippen molar-refractivity contribution in [3.8, 4) is 0 Å². The van der Waals surface area contributed by atoms with Crippen molar-refractivity contribution in [3.05, 3.63) is 34.9 Å². The van der Waals surface area contributed by atoms with Crippen LogP contribution in [0.4, 0.5) is 10.5 Å². The normalized spacial score (nSPS) is 16.5. The topological polar surface area (TPSA) is 46.6 Å². The Morgan fingerprint density at radius 3 is 2.38 bits per heavy atom. The summed E-state index contributed by atoms with van der Waals surface area (Å²) in [6.45, 7) is 11.6. The molecule has 0 unspecified atom stereocenters. The van der Waals surface area contributed by atoms with Gasteiger partial charge in [-0.05, 0) is 44.7 Å². The molecule has 1 aliphatic rings. The molecule has 0 saturated carbocycles. The summed E-state index contributed by atoms with van der Waals surface area (Å²) in [4.78, 5) is 26.4. The van der Waals surface area contributed by atoms with Gasteiger partial charge < -0.3 is 4.74 Å². The third kappa shape index (κ3) is 4.18. The predicted octanol–water partition coefficient (Wildman–Crippen LogP) is 5.44. The fourth-order valence-corrected chi connectivity index (χ4v) is 2.52. The van der Waals surface area contributed by atoms with Gasteiger partial charge in [-0.3, -0.25) is 4.79 Å². The van der Waals surface area contributed by atoms with Gasteiger partial charge in [0.05, 0.1) is 5.69 Å². The van der Waals surface area contributed by atoms with Gasteiger partial charge in [-0.1, -0.05) is 44.5 Å². The van der Waals surface area contributed by atoms with Crippen molar-refractivity contribution in [2.45, 2.75) is 53.6 Å². The molecule has 0 saturated heterocycles. The summed E-state index contributed by atoms with van der Waals surface area (Å²) in [7, 11) is 0. The summed E-state index contributed by atoms with van der Waals surface area (Å²) < 4.78 is 5.38. The Bertz CT molecular complexity index is 708. The van der Waals surface area contributed by atoms with E-state index in [0.717, 1.165) is 11.3 Å². The van der Waals surface area contributed by atoms with Gasteiger partial charge >= 0.3 is 6.09 Å². The number of nitrogens with zero attached hydrogens (tertiary/aromatic N) is 1. The van der Waals surface area contributed by atoms with Crippen LogP contribution in [0.25, 0.3) is 5.57 Å². The van der Waals surface area contributed by atoms with E-state index in [-0.39, 0.29) is 11.3 Å². The number of amides is 2. The summed E-state index contributed by atoms with van der Waals surface area (Å²) in [5, 5.41) is 0.465. The van der Waals surface area contributed by atoms with E-state index in [4.69, 9.17) is 16.3 Å². The van der Waals surface area contributed by atoms with Gasteiger partial charge in [0.15, 0.2) is 0 Å². The molecule has 1 heterocycles. The average Bonchev–Trinajstić information content (AvgIpc) is 2.64. The monoisotopic (exact) mass is 349 g/mol. The Morgan fingerprint density at radius 2 is 1.83 bits per heavy atom. The van der Waals surface area contributed by atoms with Crippen LogP contribution in [0.3, 0.4) is 0 Å². The fourth-order valence-electron chi connectivity index (χ4n) is 2.36. The second-order valence-corrected chi connectivity index (χ2v) is 8.60. The molecule has 2 amide bonds. The number of benzene rings is 1. The van der Waals surface area contributed by atoms with Crippen LogP contribution < -0.4 is 4.90 Å². The van der Waals surface area contributed by atoms with Gasteiger partial charge in [-0.2, -0.15) is 0 Å². The number of fused-ring (bicyclic) bond motifs is 1. The highest BCUT2D eigenvalue weighted by molar-refractivity contribution is 6.40. The van der Waals surface area contributed by atoms with Crippen LogP contribution in [0, 0.1) is 5.41 Å². The molecule has 1 aliphatic heterocycles. The second kappa shape index (κ2) is 6.25. The zero-order chi connectivity index (χ0) is 18.3. The summed E-state index contributed by atoms with van der Waals surface area (Å²) >= 11 is 6.06. The molecule has 130 valence electrons. The molecule has 0 N–H and O–H groups in total. The zero-order valence-corrected chi connectivity index (χ0v) is 15.8. The standard InChI is InChI=1S/C19H24ClNO3/c1-18(2,3)10-9-14-13-8-7-12(20)11-15(13)21(16(14)22)17(23)24-19(4,5)6/h7-9,11H,10H2,1-6H3/b14-9+. The van der Waals surface area contributed by atoms with Crippen LogP contribution in [0.2, 0.25) is 5.02 Å². The summed E-state index contributed by atoms with van der Waals surface area (Å²) in [6, 6.07) is 5.11. The van der Waals surface area contributed by atoms with Crippen molar-refractivity contribution < 1.29 is 14.3 Å². The lowest BCUT2D eigenvalue weighted by atomic mass is 9.90. The number of halogens is 1. The molecule has 4 nitrogen and oxygen atoms in total. The first-order valence-corrected chi connectivity index (χ1v) is 8.34. The Morgan fingerprint density at radius 1 is 1.21 bits per heavy atom. The highest BCUT2D eigenvalue weighted by Crippen LogP contribution is 2.40. The maximum absolute atomic E-state index is 12.8. The van der Waals surface area contributed by atoms with Crippen molar-refractivity contribution >= 4 is 34.9 Å². The third-order valence-electron chi connectivity index (χ3n) is 3.42. The highest BCUT2D eigenvalue weighted by Gasteiger charge is 2.39. The minimum absolute atomic E-state index is 0.0409. The molecule has 1 aromatic rings. The predicted molar refractivity (Wildman–Crippen MR) is 97.2 cm³/mol. The summed E-state index contributed by atoms with van der Waals surface area (Å²) in [6.07, 6.45) is 1.92. The number of ether oxygens (including phenoxy) is 1. The van der Waals surface area contributed by atoms with E-state index < -0.39 is 11.7 Å². The smallest absolute Gasteiger partial charge is 0.422 e. The molecular formula is C19H24ClNO3. The van der Waals surface area contributed by atoms with Crippen molar-refractivity contribution in [3.63, 3.8) is 0 Å². The molecule has 24 heavy (non-hydrogen) atoms. The van der Waals surface area contributed by atoms with E-state index in [2.05, 4.69) is 20.8 Å². The average molecular weight is 350 g/mol. The lowest BCUT2D eigenvalue weighted by molar-refractivity contribution is -0.112. The first-order valence-electron chi connectivity index (χ1n) is 7.96. The largest absolute Gasteiger partial charge is 0.443 e. The Labute approximate surface area is 148 Å². The molecule has 1 aromatic carbocycles. The molecular weight excluding hydrogens is 326 g/mol. The number of carbonyl (C=O) groups is 2. The Balaban J connectivity index is 2.47. The van der Waals surface area contributed by atoms with Crippen LogP contribution in [-0.4, -0.2) is 17.6 Å². The number of rotatable bonds is 1. The lowest BCUT2D eigenvalue weighted by Crippen LogP contribution is -2.38. The summed E-state index contributed by atoms with van der Waals surface area (Å²) in [5.74, 6) is -0.370. The molecule has 0 spiro atoms. The maximum atomic E-state index is 12.8. The molecule has 5 heteroatoms. The minimum Gasteiger partial charge on any atom is -0.443 e. The number of anilines is 1. The number of allylic oxidation sites excluding steroid dienone is 1. The first-order chi connectivity index (χ1) is 10.9. The Kier molecular flexibility index (Phi) is 4.82. The molecule has 2 rings (SSSR count). The van der Waals surface area contributed by atoms with Crippen LogP contribution in [0.5, 0.6) is 0 Å². The number of hydrogen-bond acceptors (Lipinski definition) is 3. The van der Waals surface area contributed by atoms with Gasteiger partial charge in [-0.15, -0.1) is 0 Å². The quantitative estimate of drug-likeness (QED) is 0.634. The van der Waals surface area contributed by atoms with Gasteiger partial charge in [0.25, 0.3) is 5.91 Å². The molecule has 0 atom stereocenters. The van der Waals surface area contributed by atoms with Crippen LogP contribution in [0.1, 0.15) is 53.5 Å². The van der Waals surface area contributed by atoms with Crippen LogP contribution >= 0.6 is 11.6 Å². The van der Waals surface area contributed by atoms with Crippen molar-refractivity contribution in [2.75, 3.05) is 4.90 Å². The SMILES string of the molecule is CC(C)(C)C/C=C1/C(=O)N(C(=O)OC(C)(C)C)c2cc(Cl)ccc21. The highest BCUT2D eigenvalue weighted by atomic mass is 35.5. The van der Waals surface area contributed by atoms with E-state index in [1.54, 1.807) is 39.0 Å². The number of imide groups is 1. The molecule has 0 bridgehead atoms. The first kappa shape index (κ1) is 18.5. The Hall–Kier alpha value is -1.81. The summed E-state index contributed by atoms with van der Waals surface area (Å²) in [5.41, 5.74) is 1.05. The van der Waals surface area contributed by atoms with Crippen molar-refractivity contribution in [1.29, 1.82) is 0 Å². The molecule has 0 aromatic heterocycles. The third-order valence-corrected chi connectivity index (χ3v) is 3.65. The number of carbonyl (C=O) groups excluding carboxylic acids is 2. The van der Waals surface area contributed by atoms with Crippen molar-refractivity contribution in [1.82, 2.24) is 0 Å². The van der Waals surface area contributed by atoms with Gasteiger partial charge in [0.2, 0.25) is 0 Å². The van der Waals surface area contributed by atoms with Crippen LogP contribution in [0.15, 0.2) is 24.3 Å². The second-order valence-electron chi connectivity index (χ2n) is 8.16. The minimum atomic E-state index is -0.687. The van der Waals surface area contributed by atoms with Gasteiger partial charge in [0, 0.05) is 16.2 Å². The van der Waals surface area contributed by atoms with Crippen LogP contribution in [-0.2, 0) is 9.53 Å². The molecule has 0 fully saturated rings. The van der Waals surface area contributed by atoms with Gasteiger partial charge in [0.1, 0.15) is 5.60 Å². The fraction of sp³-hybridized carbons (Fsp3) is 0.474. The van der Waals surface area contributed by atoms with E-state index in [1.807, 2.05) is 6.08 Å². The maximum Gasteiger partial charge on any atom is 0.422 e. The van der Waals surface area contributed by atoms with E-state index in [0.29, 0.717) is 21.8 Å². The molecule has 0 radical (unpaired) electrons. The van der Waals surface area contributed by atoms with E-state index >= 15 is 0 Å². The zero-order valence-electron chi connectivity index (χ0n) is 15.1. The number of hydrogen-bond donors (Lipinski definition) is 0. The van der Waals surface area contributed by atoms with E-state index in [9.17, 15) is 9.59 Å².